The van der Waals surface area contributed by atoms with E-state index in [0.717, 1.165) is 34.2 Å². The smallest absolute Gasteiger partial charge is 0.181 e. The van der Waals surface area contributed by atoms with E-state index in [4.69, 9.17) is 0 Å². The summed E-state index contributed by atoms with van der Waals surface area (Å²) in [6.45, 7) is 3.92. The van der Waals surface area contributed by atoms with Gasteiger partial charge >= 0.3 is 0 Å². The fourth-order valence-corrected chi connectivity index (χ4v) is 2.38. The third-order valence-electron chi connectivity index (χ3n) is 3.47. The molecule has 6 heteroatoms. The lowest BCUT2D eigenvalue weighted by atomic mass is 10.3. The Kier molecular flexibility index (Phi) is 3.36. The second-order valence-electron chi connectivity index (χ2n) is 5.52. The summed E-state index contributed by atoms with van der Waals surface area (Å²) in [4.78, 5) is 6.63. The average Bonchev–Trinajstić information content (AvgIpc) is 2.77. The summed E-state index contributed by atoms with van der Waals surface area (Å²) < 4.78 is 1.84. The summed E-state index contributed by atoms with van der Waals surface area (Å²) in [6, 6.07) is 8.94. The highest BCUT2D eigenvalue weighted by Gasteiger charge is 2.15. The predicted molar refractivity (Wildman–Crippen MR) is 88.2 cm³/mol. The van der Waals surface area contributed by atoms with Gasteiger partial charge in [0, 0.05) is 31.5 Å². The third kappa shape index (κ3) is 2.43. The van der Waals surface area contributed by atoms with Crippen molar-refractivity contribution in [3.63, 3.8) is 0 Å². The monoisotopic (exact) mass is 297 g/mol. The number of rotatable bonds is 3. The molecular formula is C16H19N5O. The maximum atomic E-state index is 9.38. The maximum absolute atomic E-state index is 9.38. The number of fused-ring (bicyclic) bond motifs is 1. The minimum Gasteiger partial charge on any atom is -0.508 e. The summed E-state index contributed by atoms with van der Waals surface area (Å²) in [7, 11) is 3.97. The van der Waals surface area contributed by atoms with E-state index >= 15 is 0 Å². The van der Waals surface area contributed by atoms with Gasteiger partial charge in [-0.3, -0.25) is 0 Å². The van der Waals surface area contributed by atoms with Crippen LogP contribution in [0, 0.1) is 13.8 Å². The lowest BCUT2D eigenvalue weighted by molar-refractivity contribution is 0.475. The zero-order chi connectivity index (χ0) is 15.9. The number of aryl methyl sites for hydroxylation is 2. The summed E-state index contributed by atoms with van der Waals surface area (Å²) in [5.74, 6) is 1.22. The lowest BCUT2D eigenvalue weighted by Gasteiger charge is -2.14. The van der Waals surface area contributed by atoms with Crippen LogP contribution in [-0.2, 0) is 0 Å². The molecule has 3 rings (SSSR count). The number of nitrogens with one attached hydrogen (secondary N) is 1. The van der Waals surface area contributed by atoms with Crippen molar-refractivity contribution in [1.29, 1.82) is 0 Å². The highest BCUT2D eigenvalue weighted by Crippen LogP contribution is 2.28. The first kappa shape index (κ1) is 14.2. The van der Waals surface area contributed by atoms with Crippen molar-refractivity contribution >= 4 is 22.8 Å². The van der Waals surface area contributed by atoms with Gasteiger partial charge in [0.2, 0.25) is 0 Å². The van der Waals surface area contributed by atoms with Gasteiger partial charge in [-0.2, -0.15) is 9.61 Å². The Morgan fingerprint density at radius 1 is 1.14 bits per heavy atom. The van der Waals surface area contributed by atoms with Crippen LogP contribution in [0.4, 0.5) is 17.2 Å². The van der Waals surface area contributed by atoms with Crippen molar-refractivity contribution in [2.75, 3.05) is 24.3 Å². The fraction of sp³-hybridized carbons (Fsp3) is 0.250. The van der Waals surface area contributed by atoms with Crippen LogP contribution in [0.15, 0.2) is 30.3 Å². The molecule has 2 N–H and O–H groups in total. The number of aromatic hydroxyl groups is 1. The Balaban J connectivity index is 2.13. The number of nitrogens with zero attached hydrogens (tertiary/aromatic N) is 4. The van der Waals surface area contributed by atoms with Gasteiger partial charge in [-0.05, 0) is 38.1 Å². The Labute approximate surface area is 129 Å². The van der Waals surface area contributed by atoms with Crippen LogP contribution < -0.4 is 10.2 Å². The highest BCUT2D eigenvalue weighted by atomic mass is 16.3. The van der Waals surface area contributed by atoms with E-state index < -0.39 is 0 Å². The molecule has 0 saturated carbocycles. The van der Waals surface area contributed by atoms with Gasteiger partial charge < -0.3 is 15.3 Å². The van der Waals surface area contributed by atoms with E-state index in [2.05, 4.69) is 15.4 Å². The minimum atomic E-state index is 0.242. The maximum Gasteiger partial charge on any atom is 0.181 e. The van der Waals surface area contributed by atoms with Crippen molar-refractivity contribution < 1.29 is 5.11 Å². The van der Waals surface area contributed by atoms with Gasteiger partial charge in [-0.1, -0.05) is 0 Å². The van der Waals surface area contributed by atoms with E-state index in [1.165, 1.54) is 0 Å². The average molecular weight is 297 g/mol. The first-order valence-electron chi connectivity index (χ1n) is 7.06. The molecule has 0 amide bonds. The summed E-state index contributed by atoms with van der Waals surface area (Å²) in [5, 5.41) is 17.3. The molecule has 0 atom stereocenters. The molecule has 6 nitrogen and oxygen atoms in total. The van der Waals surface area contributed by atoms with Gasteiger partial charge in [0.1, 0.15) is 17.3 Å². The summed E-state index contributed by atoms with van der Waals surface area (Å²) in [6.07, 6.45) is 0. The number of hydrogen-bond acceptors (Lipinski definition) is 5. The minimum absolute atomic E-state index is 0.242. The second kappa shape index (κ2) is 5.22. The van der Waals surface area contributed by atoms with Crippen molar-refractivity contribution in [1.82, 2.24) is 14.6 Å². The number of phenols is 1. The van der Waals surface area contributed by atoms with Gasteiger partial charge in [0.25, 0.3) is 0 Å². The summed E-state index contributed by atoms with van der Waals surface area (Å²) in [5.41, 5.74) is 4.34. The van der Waals surface area contributed by atoms with Crippen molar-refractivity contribution in [3.05, 3.63) is 41.7 Å². The molecule has 1 aromatic carbocycles. The SMILES string of the molecule is Cc1cc(N(C)C)n2nc(C)c(Nc3ccc(O)cc3)c2n1. The molecular weight excluding hydrogens is 278 g/mol. The topological polar surface area (TPSA) is 65.7 Å². The van der Waals surface area contributed by atoms with E-state index in [1.807, 2.05) is 55.6 Å². The zero-order valence-corrected chi connectivity index (χ0v) is 13.1. The second-order valence-corrected chi connectivity index (χ2v) is 5.52. The Hall–Kier alpha value is -2.76. The zero-order valence-electron chi connectivity index (χ0n) is 13.1. The number of hydrogen-bond donors (Lipinski definition) is 2. The molecule has 3 aromatic rings. The molecule has 0 aliphatic heterocycles. The molecule has 22 heavy (non-hydrogen) atoms. The van der Waals surface area contributed by atoms with Crippen LogP contribution in [0.5, 0.6) is 5.75 Å². The number of aromatic nitrogens is 3. The standard InChI is InChI=1S/C16H19N5O/c1-10-9-14(20(3)4)21-16(17-10)15(11(2)19-21)18-12-5-7-13(22)8-6-12/h5-9,18,22H,1-4H3. The van der Waals surface area contributed by atoms with Crippen LogP contribution in [0.2, 0.25) is 0 Å². The van der Waals surface area contributed by atoms with Crippen molar-refractivity contribution in [2.45, 2.75) is 13.8 Å². The fourth-order valence-electron chi connectivity index (χ4n) is 2.38. The molecule has 0 aliphatic rings. The molecule has 2 aromatic heterocycles. The lowest BCUT2D eigenvalue weighted by Crippen LogP contribution is -2.14. The van der Waals surface area contributed by atoms with E-state index in [9.17, 15) is 5.11 Å². The van der Waals surface area contributed by atoms with E-state index in [-0.39, 0.29) is 5.75 Å². The van der Waals surface area contributed by atoms with Gasteiger partial charge in [-0.25, -0.2) is 4.98 Å². The predicted octanol–water partition coefficient (Wildman–Crippen LogP) is 2.86. The molecule has 114 valence electrons. The first-order chi connectivity index (χ1) is 10.5. The molecule has 0 aliphatic carbocycles. The van der Waals surface area contributed by atoms with E-state index in [1.54, 1.807) is 12.1 Å². The Morgan fingerprint density at radius 2 is 1.82 bits per heavy atom. The third-order valence-corrected chi connectivity index (χ3v) is 3.47. The number of benzene rings is 1. The van der Waals surface area contributed by atoms with Crippen molar-refractivity contribution in [2.24, 2.45) is 0 Å². The largest absolute Gasteiger partial charge is 0.508 e. The van der Waals surface area contributed by atoms with E-state index in [0.29, 0.717) is 0 Å². The summed E-state index contributed by atoms with van der Waals surface area (Å²) >= 11 is 0. The number of anilines is 3. The quantitative estimate of drug-likeness (QED) is 0.728. The molecule has 0 spiro atoms. The molecule has 2 heterocycles. The van der Waals surface area contributed by atoms with Crippen LogP contribution in [0.1, 0.15) is 11.4 Å². The Bertz CT molecular complexity index is 821. The highest BCUT2D eigenvalue weighted by molar-refractivity contribution is 5.77. The molecule has 0 fully saturated rings. The molecule has 0 bridgehead atoms. The normalized spacial score (nSPS) is 10.9. The Morgan fingerprint density at radius 3 is 2.45 bits per heavy atom. The molecule has 0 saturated heterocycles. The molecule has 0 unspecified atom stereocenters. The van der Waals surface area contributed by atoms with Crippen molar-refractivity contribution in [3.8, 4) is 5.75 Å². The first-order valence-corrected chi connectivity index (χ1v) is 7.06. The van der Waals surface area contributed by atoms with Crippen LogP contribution in [-0.4, -0.2) is 33.8 Å². The number of phenolic OH excluding ortho intramolecular Hbond substituents is 1. The van der Waals surface area contributed by atoms with Gasteiger partial charge in [0.15, 0.2) is 5.65 Å². The van der Waals surface area contributed by atoms with Crippen LogP contribution in [0.3, 0.4) is 0 Å². The van der Waals surface area contributed by atoms with Gasteiger partial charge in [0.05, 0.1) is 5.69 Å². The molecule has 0 radical (unpaired) electrons. The van der Waals surface area contributed by atoms with Crippen LogP contribution >= 0.6 is 0 Å². The van der Waals surface area contributed by atoms with Gasteiger partial charge in [-0.15, -0.1) is 0 Å². The van der Waals surface area contributed by atoms with Crippen LogP contribution in [0.25, 0.3) is 5.65 Å².